The van der Waals surface area contributed by atoms with Crippen molar-refractivity contribution in [2.45, 2.75) is 13.1 Å². The molecule has 1 aromatic heterocycles. The molecule has 1 rings (SSSR count). The summed E-state index contributed by atoms with van der Waals surface area (Å²) in [5.74, 6) is -3.69. The number of hydrogen-bond donors (Lipinski definition) is 2. The van der Waals surface area contributed by atoms with Gasteiger partial charge in [0, 0.05) is 6.20 Å². The molecule has 0 bridgehead atoms. The van der Waals surface area contributed by atoms with Crippen molar-refractivity contribution in [1.29, 1.82) is 0 Å². The minimum Gasteiger partial charge on any atom is -0.478 e. The fourth-order valence-corrected chi connectivity index (χ4v) is 1.09. The summed E-state index contributed by atoms with van der Waals surface area (Å²) >= 11 is 0. The van der Waals surface area contributed by atoms with Gasteiger partial charge >= 0.3 is 18.1 Å². The van der Waals surface area contributed by atoms with Crippen LogP contribution >= 0.6 is 0 Å². The van der Waals surface area contributed by atoms with Crippen LogP contribution in [0.5, 0.6) is 0 Å². The number of hydrogen-bond acceptors (Lipinski definition) is 3. The first-order valence-corrected chi connectivity index (χ1v) is 4.30. The number of carboxylic acids is 1. The molecule has 0 unspecified atom stereocenters. The summed E-state index contributed by atoms with van der Waals surface area (Å²) in [6, 6.07) is 1.00. The predicted octanol–water partition coefficient (Wildman–Crippen LogP) is 1.59. The Bertz CT molecular complexity index is 471. The number of carbonyl (C=O) groups excluding carboxylic acids is 1. The van der Waals surface area contributed by atoms with Gasteiger partial charge in [0.1, 0.15) is 0 Å². The van der Waals surface area contributed by atoms with E-state index in [0.29, 0.717) is 0 Å². The highest BCUT2D eigenvalue weighted by Crippen LogP contribution is 2.22. The van der Waals surface area contributed by atoms with Crippen LogP contribution in [0.1, 0.15) is 16.1 Å². The molecule has 0 saturated heterocycles. The molecule has 0 fully saturated rings. The minimum absolute atomic E-state index is 0.0116. The van der Waals surface area contributed by atoms with Crippen LogP contribution in [0.2, 0.25) is 0 Å². The number of carbonyl (C=O) groups is 2. The Morgan fingerprint density at radius 1 is 1.41 bits per heavy atom. The van der Waals surface area contributed by atoms with Crippen molar-refractivity contribution in [3.05, 3.63) is 23.5 Å². The second-order valence-electron chi connectivity index (χ2n) is 3.08. The average Bonchev–Trinajstić information content (AvgIpc) is 2.18. The minimum atomic E-state index is -5.09. The van der Waals surface area contributed by atoms with Crippen molar-refractivity contribution in [3.8, 4) is 0 Å². The Labute approximate surface area is 93.3 Å². The van der Waals surface area contributed by atoms with Crippen molar-refractivity contribution < 1.29 is 27.9 Å². The number of aromatic carboxylic acids is 1. The lowest BCUT2D eigenvalue weighted by Crippen LogP contribution is -2.31. The summed E-state index contributed by atoms with van der Waals surface area (Å²) in [5.41, 5.74) is -0.917. The molecule has 17 heavy (non-hydrogen) atoms. The van der Waals surface area contributed by atoms with E-state index in [4.69, 9.17) is 5.11 Å². The molecule has 0 aliphatic carbocycles. The number of alkyl halides is 3. The van der Waals surface area contributed by atoms with Crippen LogP contribution < -0.4 is 5.32 Å². The highest BCUT2D eigenvalue weighted by Gasteiger charge is 2.39. The third kappa shape index (κ3) is 2.92. The number of carboxylic acid groups (broad SMARTS) is 1. The van der Waals surface area contributed by atoms with E-state index >= 15 is 0 Å². The van der Waals surface area contributed by atoms with Crippen molar-refractivity contribution in [1.82, 2.24) is 4.98 Å². The lowest BCUT2D eigenvalue weighted by molar-refractivity contribution is -0.167. The van der Waals surface area contributed by atoms with Gasteiger partial charge < -0.3 is 10.4 Å². The molecule has 1 amide bonds. The third-order valence-corrected chi connectivity index (χ3v) is 1.87. The number of nitrogens with one attached hydrogen (secondary N) is 1. The average molecular weight is 248 g/mol. The maximum absolute atomic E-state index is 12.0. The molecule has 1 aromatic rings. The van der Waals surface area contributed by atoms with E-state index in [1.807, 2.05) is 0 Å². The third-order valence-electron chi connectivity index (χ3n) is 1.87. The van der Waals surface area contributed by atoms with Crippen LogP contribution in [-0.4, -0.2) is 28.1 Å². The molecular weight excluding hydrogens is 241 g/mol. The molecule has 0 radical (unpaired) electrons. The van der Waals surface area contributed by atoms with Crippen LogP contribution in [-0.2, 0) is 4.79 Å². The Morgan fingerprint density at radius 3 is 2.47 bits per heavy atom. The Hall–Kier alpha value is -2.12. The maximum Gasteiger partial charge on any atom is 0.471 e. The van der Waals surface area contributed by atoms with Crippen molar-refractivity contribution in [2.75, 3.05) is 5.32 Å². The topological polar surface area (TPSA) is 79.3 Å². The summed E-state index contributed by atoms with van der Waals surface area (Å²) in [4.78, 5) is 25.1. The molecule has 1 heterocycles. The van der Waals surface area contributed by atoms with Gasteiger partial charge in [-0.1, -0.05) is 0 Å². The number of amides is 1. The first-order valence-electron chi connectivity index (χ1n) is 4.30. The van der Waals surface area contributed by atoms with Crippen LogP contribution in [0.25, 0.3) is 0 Å². The highest BCUT2D eigenvalue weighted by atomic mass is 19.4. The van der Waals surface area contributed by atoms with Crippen LogP contribution in [0.4, 0.5) is 18.9 Å². The first-order chi connectivity index (χ1) is 7.73. The van der Waals surface area contributed by atoms with Gasteiger partial charge in [0.2, 0.25) is 0 Å². The molecule has 0 saturated carbocycles. The number of aromatic nitrogens is 1. The fraction of sp³-hybridized carbons (Fsp3) is 0.222. The number of anilines is 1. The second-order valence-corrected chi connectivity index (χ2v) is 3.08. The maximum atomic E-state index is 12.0. The molecule has 5 nitrogen and oxygen atoms in total. The van der Waals surface area contributed by atoms with Crippen molar-refractivity contribution in [2.24, 2.45) is 0 Å². The zero-order valence-electron chi connectivity index (χ0n) is 8.50. The van der Waals surface area contributed by atoms with Gasteiger partial charge in [-0.3, -0.25) is 9.78 Å². The van der Waals surface area contributed by atoms with Crippen LogP contribution in [0.3, 0.4) is 0 Å². The van der Waals surface area contributed by atoms with Gasteiger partial charge in [0.15, 0.2) is 0 Å². The zero-order valence-corrected chi connectivity index (χ0v) is 8.50. The Balaban J connectivity index is 3.14. The molecule has 8 heteroatoms. The SMILES string of the molecule is Cc1nccc(C(=O)O)c1NC(=O)C(F)(F)F. The van der Waals surface area contributed by atoms with Crippen LogP contribution in [0, 0.1) is 6.92 Å². The smallest absolute Gasteiger partial charge is 0.471 e. The van der Waals surface area contributed by atoms with Crippen LogP contribution in [0.15, 0.2) is 12.3 Å². The highest BCUT2D eigenvalue weighted by molar-refractivity contribution is 6.02. The van der Waals surface area contributed by atoms with Crippen molar-refractivity contribution in [3.63, 3.8) is 0 Å². The predicted molar refractivity (Wildman–Crippen MR) is 50.6 cm³/mol. The van der Waals surface area contributed by atoms with E-state index in [2.05, 4.69) is 4.98 Å². The monoisotopic (exact) mass is 248 g/mol. The summed E-state index contributed by atoms with van der Waals surface area (Å²) in [6.45, 7) is 1.29. The lowest BCUT2D eigenvalue weighted by atomic mass is 10.2. The van der Waals surface area contributed by atoms with Gasteiger partial charge in [-0.25, -0.2) is 4.79 Å². The largest absolute Gasteiger partial charge is 0.478 e. The zero-order chi connectivity index (χ0) is 13.2. The second kappa shape index (κ2) is 4.40. The van der Waals surface area contributed by atoms with Gasteiger partial charge in [0.05, 0.1) is 16.9 Å². The van der Waals surface area contributed by atoms with Crippen molar-refractivity contribution >= 4 is 17.6 Å². The van der Waals surface area contributed by atoms with Gasteiger partial charge in [-0.05, 0) is 13.0 Å². The first kappa shape index (κ1) is 12.9. The van der Waals surface area contributed by atoms with E-state index in [1.54, 1.807) is 0 Å². The molecule has 2 N–H and O–H groups in total. The number of aryl methyl sites for hydroxylation is 1. The molecule has 0 aromatic carbocycles. The number of halogens is 3. The Morgan fingerprint density at radius 2 is 2.00 bits per heavy atom. The van der Waals surface area contributed by atoms with E-state index in [1.165, 1.54) is 12.2 Å². The van der Waals surface area contributed by atoms with Gasteiger partial charge in [-0.2, -0.15) is 13.2 Å². The molecule has 0 spiro atoms. The molecule has 0 aliphatic heterocycles. The van der Waals surface area contributed by atoms with E-state index in [0.717, 1.165) is 12.3 Å². The summed E-state index contributed by atoms with van der Waals surface area (Å²) in [7, 11) is 0. The molecule has 92 valence electrons. The van der Waals surface area contributed by atoms with E-state index in [-0.39, 0.29) is 5.69 Å². The number of nitrogens with zero attached hydrogens (tertiary/aromatic N) is 1. The van der Waals surface area contributed by atoms with Gasteiger partial charge in [0.25, 0.3) is 0 Å². The fourth-order valence-electron chi connectivity index (χ4n) is 1.09. The molecular formula is C9H7F3N2O3. The van der Waals surface area contributed by atoms with E-state index in [9.17, 15) is 22.8 Å². The summed E-state index contributed by atoms with van der Waals surface area (Å²) in [5, 5.41) is 10.2. The summed E-state index contributed by atoms with van der Waals surface area (Å²) < 4.78 is 36.1. The molecule has 0 atom stereocenters. The lowest BCUT2D eigenvalue weighted by Gasteiger charge is -2.11. The number of rotatable bonds is 2. The standard InChI is InChI=1S/C9H7F3N2O3/c1-4-6(14-8(17)9(10,11)12)5(7(15)16)2-3-13-4/h2-3H,1H3,(H,14,17)(H,15,16). The number of pyridine rings is 1. The molecule has 0 aliphatic rings. The Kier molecular flexibility index (Phi) is 3.35. The van der Waals surface area contributed by atoms with E-state index < -0.39 is 29.3 Å². The van der Waals surface area contributed by atoms with Gasteiger partial charge in [-0.15, -0.1) is 0 Å². The quantitative estimate of drug-likeness (QED) is 0.832. The normalized spacial score (nSPS) is 11.1. The summed E-state index contributed by atoms with van der Waals surface area (Å²) in [6.07, 6.45) is -3.96.